The van der Waals surface area contributed by atoms with Crippen LogP contribution < -0.4 is 16.1 Å². The number of hydrogen-bond donors (Lipinski definition) is 0. The van der Waals surface area contributed by atoms with Gasteiger partial charge in [-0.2, -0.15) is 5.26 Å². The van der Waals surface area contributed by atoms with E-state index in [0.29, 0.717) is 18.9 Å². The molecule has 1 aliphatic rings. The summed E-state index contributed by atoms with van der Waals surface area (Å²) in [5, 5.41) is 9.25. The highest BCUT2D eigenvalue weighted by Gasteiger charge is 2.23. The predicted molar refractivity (Wildman–Crippen MR) is 76.0 cm³/mol. The first kappa shape index (κ1) is 14.3. The molecule has 0 radical (unpaired) electrons. The first-order valence-corrected chi connectivity index (χ1v) is 6.68. The van der Waals surface area contributed by atoms with Gasteiger partial charge < -0.3 is 9.80 Å². The lowest BCUT2D eigenvalue weighted by Crippen LogP contribution is -2.50. The minimum atomic E-state index is -0.525. The van der Waals surface area contributed by atoms with Crippen molar-refractivity contribution in [3.63, 3.8) is 0 Å². The van der Waals surface area contributed by atoms with E-state index in [1.807, 2.05) is 11.0 Å². The fourth-order valence-corrected chi connectivity index (χ4v) is 2.58. The second kappa shape index (κ2) is 5.51. The summed E-state index contributed by atoms with van der Waals surface area (Å²) in [4.78, 5) is 28.3. The van der Waals surface area contributed by atoms with Crippen molar-refractivity contribution in [1.82, 2.24) is 14.0 Å². The monoisotopic (exact) mass is 277 g/mol. The molecule has 2 heterocycles. The Morgan fingerprint density at radius 3 is 2.20 bits per heavy atom. The van der Waals surface area contributed by atoms with E-state index in [-0.39, 0.29) is 5.56 Å². The van der Waals surface area contributed by atoms with Gasteiger partial charge in [0, 0.05) is 40.3 Å². The molecule has 2 rings (SSSR count). The maximum Gasteiger partial charge on any atom is 0.332 e. The topological polar surface area (TPSA) is 74.3 Å². The fourth-order valence-electron chi connectivity index (χ4n) is 2.58. The summed E-state index contributed by atoms with van der Waals surface area (Å²) in [7, 11) is 2.99. The Kier molecular flexibility index (Phi) is 3.95. The molecule has 7 nitrogen and oxygen atoms in total. The molecule has 108 valence electrons. The highest BCUT2D eigenvalue weighted by molar-refractivity contribution is 5.53. The molecule has 0 spiro atoms. The van der Waals surface area contributed by atoms with E-state index < -0.39 is 11.2 Å². The summed E-state index contributed by atoms with van der Waals surface area (Å²) in [5.74, 6) is 0.441. The van der Waals surface area contributed by atoms with Gasteiger partial charge in [0.15, 0.2) is 5.56 Å². The Morgan fingerprint density at radius 2 is 1.70 bits per heavy atom. The van der Waals surface area contributed by atoms with Gasteiger partial charge in [-0.3, -0.25) is 13.9 Å². The Hall–Kier alpha value is -2.07. The molecule has 0 unspecified atom stereocenters. The van der Waals surface area contributed by atoms with Crippen LogP contribution in [-0.2, 0) is 14.1 Å². The zero-order valence-corrected chi connectivity index (χ0v) is 12.1. The Bertz CT molecular complexity index is 659. The van der Waals surface area contributed by atoms with Gasteiger partial charge >= 0.3 is 5.69 Å². The van der Waals surface area contributed by atoms with Crippen LogP contribution in [0.4, 0.5) is 5.82 Å². The minimum absolute atomic E-state index is 0.0412. The van der Waals surface area contributed by atoms with Crippen molar-refractivity contribution in [2.45, 2.75) is 6.92 Å². The Morgan fingerprint density at radius 1 is 1.10 bits per heavy atom. The quantitative estimate of drug-likeness (QED) is 0.700. The van der Waals surface area contributed by atoms with Gasteiger partial charge in [-0.15, -0.1) is 0 Å². The smallest absolute Gasteiger partial charge is 0.332 e. The first-order chi connectivity index (χ1) is 9.51. The summed E-state index contributed by atoms with van der Waals surface area (Å²) < 4.78 is 2.37. The standard InChI is InChI=1S/C13H19N5O2/c1-4-17-5-7-18(8-6-17)11-10(9-14)12(19)16(3)13(20)15(11)2/h4-8H2,1-3H3. The van der Waals surface area contributed by atoms with Crippen LogP contribution in [0.1, 0.15) is 12.5 Å². The SMILES string of the molecule is CCN1CCN(c2c(C#N)c(=O)n(C)c(=O)n2C)CC1. The molecule has 1 aromatic rings. The van der Waals surface area contributed by atoms with Crippen LogP contribution in [0.25, 0.3) is 0 Å². The van der Waals surface area contributed by atoms with Gasteiger partial charge in [0.25, 0.3) is 5.56 Å². The molecule has 0 amide bonds. The van der Waals surface area contributed by atoms with E-state index in [4.69, 9.17) is 0 Å². The molecule has 0 aromatic carbocycles. The first-order valence-electron chi connectivity index (χ1n) is 6.68. The largest absolute Gasteiger partial charge is 0.354 e. The average molecular weight is 277 g/mol. The zero-order valence-electron chi connectivity index (χ0n) is 12.1. The van der Waals surface area contributed by atoms with Crippen LogP contribution in [0.2, 0.25) is 0 Å². The van der Waals surface area contributed by atoms with Crippen molar-refractivity contribution in [2.24, 2.45) is 14.1 Å². The van der Waals surface area contributed by atoms with Gasteiger partial charge in [-0.25, -0.2) is 4.79 Å². The number of anilines is 1. The van der Waals surface area contributed by atoms with Crippen molar-refractivity contribution in [3.8, 4) is 6.07 Å². The summed E-state index contributed by atoms with van der Waals surface area (Å²) in [6, 6.07) is 1.95. The number of rotatable bonds is 2. The fraction of sp³-hybridized carbons (Fsp3) is 0.615. The molecule has 1 fully saturated rings. The van der Waals surface area contributed by atoms with E-state index in [0.717, 1.165) is 24.2 Å². The average Bonchev–Trinajstić information content (AvgIpc) is 2.48. The van der Waals surface area contributed by atoms with E-state index in [9.17, 15) is 14.9 Å². The minimum Gasteiger partial charge on any atom is -0.354 e. The van der Waals surface area contributed by atoms with Crippen molar-refractivity contribution in [3.05, 3.63) is 26.4 Å². The number of nitriles is 1. The number of aromatic nitrogens is 2. The van der Waals surface area contributed by atoms with Gasteiger partial charge in [0.1, 0.15) is 11.9 Å². The van der Waals surface area contributed by atoms with Crippen LogP contribution in [0.5, 0.6) is 0 Å². The molecule has 0 atom stereocenters. The third-order valence-corrected chi connectivity index (χ3v) is 3.86. The maximum absolute atomic E-state index is 12.0. The normalized spacial score (nSPS) is 16.2. The van der Waals surface area contributed by atoms with Crippen LogP contribution in [0.15, 0.2) is 9.59 Å². The van der Waals surface area contributed by atoms with E-state index >= 15 is 0 Å². The summed E-state index contributed by atoms with van der Waals surface area (Å²) >= 11 is 0. The molecular formula is C13H19N5O2. The van der Waals surface area contributed by atoms with Crippen molar-refractivity contribution >= 4 is 5.82 Å². The zero-order chi connectivity index (χ0) is 14.9. The molecule has 7 heteroatoms. The lowest BCUT2D eigenvalue weighted by molar-refractivity contribution is 0.269. The maximum atomic E-state index is 12.0. The van der Waals surface area contributed by atoms with Crippen molar-refractivity contribution in [2.75, 3.05) is 37.6 Å². The molecule has 1 aliphatic heterocycles. The molecule has 1 aromatic heterocycles. The molecule has 0 saturated carbocycles. The second-order valence-electron chi connectivity index (χ2n) is 4.94. The van der Waals surface area contributed by atoms with Crippen molar-refractivity contribution < 1.29 is 0 Å². The number of nitrogens with zero attached hydrogens (tertiary/aromatic N) is 5. The number of hydrogen-bond acceptors (Lipinski definition) is 5. The molecule has 20 heavy (non-hydrogen) atoms. The highest BCUT2D eigenvalue weighted by Crippen LogP contribution is 2.16. The second-order valence-corrected chi connectivity index (χ2v) is 4.94. The Labute approximate surface area is 117 Å². The summed E-state index contributed by atoms with van der Waals surface area (Å²) in [5.41, 5.74) is -0.884. The molecular weight excluding hydrogens is 258 g/mol. The number of likely N-dealkylation sites (N-methyl/N-ethyl adjacent to an activating group) is 1. The predicted octanol–water partition coefficient (Wildman–Crippen LogP) is -0.902. The van der Waals surface area contributed by atoms with Crippen LogP contribution in [0.3, 0.4) is 0 Å². The molecule has 0 aliphatic carbocycles. The van der Waals surface area contributed by atoms with Gasteiger partial charge in [-0.1, -0.05) is 6.92 Å². The summed E-state index contributed by atoms with van der Waals surface area (Å²) in [6.07, 6.45) is 0. The van der Waals surface area contributed by atoms with E-state index in [1.165, 1.54) is 11.6 Å². The highest BCUT2D eigenvalue weighted by atomic mass is 16.2. The van der Waals surface area contributed by atoms with Crippen LogP contribution in [0, 0.1) is 11.3 Å². The third kappa shape index (κ3) is 2.23. The summed E-state index contributed by atoms with van der Waals surface area (Å²) in [6.45, 7) is 6.24. The van der Waals surface area contributed by atoms with Gasteiger partial charge in [0.05, 0.1) is 0 Å². The molecule has 0 bridgehead atoms. The van der Waals surface area contributed by atoms with Crippen LogP contribution in [-0.4, -0.2) is 46.8 Å². The van der Waals surface area contributed by atoms with E-state index in [1.54, 1.807) is 7.05 Å². The molecule has 0 N–H and O–H groups in total. The third-order valence-electron chi connectivity index (χ3n) is 3.86. The lowest BCUT2D eigenvalue weighted by atomic mass is 10.2. The van der Waals surface area contributed by atoms with E-state index in [2.05, 4.69) is 11.8 Å². The van der Waals surface area contributed by atoms with Crippen LogP contribution >= 0.6 is 0 Å². The Balaban J connectivity index is 2.50. The van der Waals surface area contributed by atoms with Gasteiger partial charge in [0.2, 0.25) is 0 Å². The van der Waals surface area contributed by atoms with Gasteiger partial charge in [-0.05, 0) is 6.54 Å². The lowest BCUT2D eigenvalue weighted by Gasteiger charge is -2.36. The molecule has 1 saturated heterocycles. The van der Waals surface area contributed by atoms with Crippen molar-refractivity contribution in [1.29, 1.82) is 5.26 Å². The number of piperazine rings is 1.